The third-order valence-corrected chi connectivity index (χ3v) is 8.58. The minimum atomic E-state index is -1.57. The molecule has 1 saturated carbocycles. The first kappa shape index (κ1) is 13.2. The summed E-state index contributed by atoms with van der Waals surface area (Å²) in [6.45, 7) is 11.6. The zero-order valence-electron chi connectivity index (χ0n) is 11.2. The van der Waals surface area contributed by atoms with Crippen LogP contribution in [0.3, 0.4) is 0 Å². The van der Waals surface area contributed by atoms with Crippen LogP contribution in [-0.4, -0.2) is 27.5 Å². The summed E-state index contributed by atoms with van der Waals surface area (Å²) in [5.74, 6) is 0. The molecule has 2 atom stereocenters. The van der Waals surface area contributed by atoms with Gasteiger partial charge in [0.25, 0.3) is 0 Å². The molecule has 0 heterocycles. The minimum Gasteiger partial charge on any atom is -0.412 e. The molecule has 0 radical (unpaired) electrons. The lowest BCUT2D eigenvalue weighted by Gasteiger charge is -2.39. The lowest BCUT2D eigenvalue weighted by atomic mass is 10.2. The predicted octanol–water partition coefficient (Wildman–Crippen LogP) is 3.15. The molecule has 0 unspecified atom stereocenters. The van der Waals surface area contributed by atoms with Gasteiger partial charge in [0.1, 0.15) is 0 Å². The lowest BCUT2D eigenvalue weighted by Crippen LogP contribution is -2.48. The quantitative estimate of drug-likeness (QED) is 0.751. The molecule has 0 aromatic rings. The first-order valence-corrected chi connectivity index (χ1v) is 9.04. The minimum absolute atomic E-state index is 0.327. The topological polar surface area (TPSA) is 21.3 Å². The van der Waals surface area contributed by atoms with Crippen molar-refractivity contribution in [2.75, 3.05) is 7.05 Å². The zero-order chi connectivity index (χ0) is 11.7. The van der Waals surface area contributed by atoms with Gasteiger partial charge in [0.05, 0.1) is 6.10 Å². The van der Waals surface area contributed by atoms with Crippen LogP contribution in [0, 0.1) is 0 Å². The summed E-state index contributed by atoms with van der Waals surface area (Å²) < 4.78 is 6.44. The van der Waals surface area contributed by atoms with E-state index in [1.807, 2.05) is 0 Å². The summed E-state index contributed by atoms with van der Waals surface area (Å²) in [4.78, 5) is 0. The van der Waals surface area contributed by atoms with E-state index >= 15 is 0 Å². The van der Waals surface area contributed by atoms with E-state index < -0.39 is 8.32 Å². The van der Waals surface area contributed by atoms with E-state index in [1.54, 1.807) is 0 Å². The molecule has 0 amide bonds. The highest BCUT2D eigenvalue weighted by Crippen LogP contribution is 2.39. The summed E-state index contributed by atoms with van der Waals surface area (Å²) in [7, 11) is 0.486. The van der Waals surface area contributed by atoms with Crippen LogP contribution in [0.1, 0.15) is 40.0 Å². The van der Waals surface area contributed by atoms with E-state index in [0.29, 0.717) is 17.2 Å². The maximum absolute atomic E-state index is 6.44. The van der Waals surface area contributed by atoms with Crippen molar-refractivity contribution in [2.45, 2.75) is 70.3 Å². The van der Waals surface area contributed by atoms with E-state index in [4.69, 9.17) is 4.43 Å². The fourth-order valence-corrected chi connectivity index (χ4v) is 3.35. The molecule has 3 heteroatoms. The van der Waals surface area contributed by atoms with Gasteiger partial charge in [-0.25, -0.2) is 0 Å². The Morgan fingerprint density at radius 2 is 1.80 bits per heavy atom. The van der Waals surface area contributed by atoms with Crippen LogP contribution in [0.2, 0.25) is 18.1 Å². The Kier molecular flexibility index (Phi) is 4.01. The Bertz CT molecular complexity index is 210. The fraction of sp³-hybridized carbons (Fsp3) is 1.00. The molecule has 1 rings (SSSR count). The van der Waals surface area contributed by atoms with E-state index in [0.717, 1.165) is 0 Å². The number of nitrogens with one attached hydrogen (secondary N) is 1. The third-order valence-electron chi connectivity index (χ3n) is 4.08. The Morgan fingerprint density at radius 1 is 1.20 bits per heavy atom. The van der Waals surface area contributed by atoms with Gasteiger partial charge in [-0.3, -0.25) is 0 Å². The van der Waals surface area contributed by atoms with Gasteiger partial charge in [0.15, 0.2) is 8.32 Å². The van der Waals surface area contributed by atoms with Crippen molar-refractivity contribution in [1.82, 2.24) is 5.32 Å². The third kappa shape index (κ3) is 3.05. The highest BCUT2D eigenvalue weighted by molar-refractivity contribution is 6.74. The molecule has 1 fully saturated rings. The Hall–Kier alpha value is 0.137. The predicted molar refractivity (Wildman–Crippen MR) is 68.8 cm³/mol. The average Bonchev–Trinajstić information content (AvgIpc) is 2.48. The molecule has 15 heavy (non-hydrogen) atoms. The molecule has 1 N–H and O–H groups in total. The summed E-state index contributed by atoms with van der Waals surface area (Å²) >= 11 is 0. The summed E-state index contributed by atoms with van der Waals surface area (Å²) in [6.07, 6.45) is 4.27. The van der Waals surface area contributed by atoms with Crippen molar-refractivity contribution in [3.05, 3.63) is 0 Å². The second-order valence-corrected chi connectivity index (χ2v) is 11.0. The molecule has 1 aliphatic rings. The number of hydrogen-bond acceptors (Lipinski definition) is 2. The van der Waals surface area contributed by atoms with Crippen molar-refractivity contribution >= 4 is 8.32 Å². The van der Waals surface area contributed by atoms with Crippen LogP contribution in [0.15, 0.2) is 0 Å². The Labute approximate surface area is 95.9 Å². The van der Waals surface area contributed by atoms with Crippen LogP contribution < -0.4 is 5.32 Å². The van der Waals surface area contributed by atoms with Gasteiger partial charge in [-0.1, -0.05) is 20.8 Å². The second kappa shape index (κ2) is 4.56. The summed E-state index contributed by atoms with van der Waals surface area (Å²) in [5.41, 5.74) is 0. The maximum Gasteiger partial charge on any atom is 0.192 e. The van der Waals surface area contributed by atoms with Crippen LogP contribution >= 0.6 is 0 Å². The Morgan fingerprint density at radius 3 is 2.27 bits per heavy atom. The van der Waals surface area contributed by atoms with Crippen LogP contribution in [0.4, 0.5) is 0 Å². The molecule has 1 aliphatic carbocycles. The first-order valence-electron chi connectivity index (χ1n) is 6.13. The smallest absolute Gasteiger partial charge is 0.192 e. The van der Waals surface area contributed by atoms with Crippen molar-refractivity contribution in [3.8, 4) is 0 Å². The van der Waals surface area contributed by atoms with Gasteiger partial charge >= 0.3 is 0 Å². The van der Waals surface area contributed by atoms with Crippen LogP contribution in [0.5, 0.6) is 0 Å². The normalized spacial score (nSPS) is 28.4. The fourth-order valence-electron chi connectivity index (χ4n) is 1.95. The SMILES string of the molecule is CN[C@@H]1CCC[C@@H]1O[Si](C)(C)C(C)(C)C. The van der Waals surface area contributed by atoms with Gasteiger partial charge in [-0.2, -0.15) is 0 Å². The summed E-state index contributed by atoms with van der Waals surface area (Å²) in [6, 6.07) is 0.583. The van der Waals surface area contributed by atoms with Crippen LogP contribution in [-0.2, 0) is 4.43 Å². The number of likely N-dealkylation sites (N-methyl/N-ethyl adjacent to an activating group) is 1. The highest BCUT2D eigenvalue weighted by atomic mass is 28.4. The van der Waals surface area contributed by atoms with Gasteiger partial charge < -0.3 is 9.74 Å². The largest absolute Gasteiger partial charge is 0.412 e. The molecule has 90 valence electrons. The van der Waals surface area contributed by atoms with Crippen LogP contribution in [0.25, 0.3) is 0 Å². The molecule has 0 spiro atoms. The average molecular weight is 229 g/mol. The lowest BCUT2D eigenvalue weighted by molar-refractivity contribution is 0.160. The monoisotopic (exact) mass is 229 g/mol. The van der Waals surface area contributed by atoms with Gasteiger partial charge in [-0.05, 0) is 44.4 Å². The van der Waals surface area contributed by atoms with Gasteiger partial charge in [0.2, 0.25) is 0 Å². The summed E-state index contributed by atoms with van der Waals surface area (Å²) in [5, 5.41) is 3.71. The molecule has 0 bridgehead atoms. The van der Waals surface area contributed by atoms with E-state index in [1.165, 1.54) is 19.3 Å². The molecular formula is C12H27NOSi. The maximum atomic E-state index is 6.44. The standard InChI is InChI=1S/C12H27NOSi/c1-12(2,3)15(5,6)14-11-9-7-8-10(11)13-4/h10-11,13H,7-9H2,1-6H3/t10-,11+/m1/s1. The molecule has 0 aromatic heterocycles. The van der Waals surface area contributed by atoms with E-state index in [2.05, 4.69) is 46.2 Å². The zero-order valence-corrected chi connectivity index (χ0v) is 12.2. The highest BCUT2D eigenvalue weighted by Gasteiger charge is 2.41. The van der Waals surface area contributed by atoms with Gasteiger partial charge in [0, 0.05) is 6.04 Å². The van der Waals surface area contributed by atoms with Crippen molar-refractivity contribution < 1.29 is 4.43 Å². The van der Waals surface area contributed by atoms with E-state index in [-0.39, 0.29) is 0 Å². The Balaban J connectivity index is 2.60. The second-order valence-electron chi connectivity index (χ2n) is 6.24. The van der Waals surface area contributed by atoms with Crippen molar-refractivity contribution in [3.63, 3.8) is 0 Å². The molecule has 2 nitrogen and oxygen atoms in total. The van der Waals surface area contributed by atoms with Crippen molar-refractivity contribution in [1.29, 1.82) is 0 Å². The molecule has 0 saturated heterocycles. The molecular weight excluding hydrogens is 202 g/mol. The number of hydrogen-bond donors (Lipinski definition) is 1. The van der Waals surface area contributed by atoms with Gasteiger partial charge in [-0.15, -0.1) is 0 Å². The molecule has 0 aliphatic heterocycles. The molecule has 0 aromatic carbocycles. The van der Waals surface area contributed by atoms with E-state index in [9.17, 15) is 0 Å². The van der Waals surface area contributed by atoms with Crippen molar-refractivity contribution in [2.24, 2.45) is 0 Å². The first-order chi connectivity index (χ1) is 6.78. The number of rotatable bonds is 3.